The predicted molar refractivity (Wildman–Crippen MR) is 91.5 cm³/mol. The maximum atomic E-state index is 12.3. The van der Waals surface area contributed by atoms with E-state index in [2.05, 4.69) is 10.3 Å². The molecule has 2 N–H and O–H groups in total. The van der Waals surface area contributed by atoms with Gasteiger partial charge in [-0.25, -0.2) is 0 Å². The number of amides is 1. The molecule has 2 aromatic rings. The van der Waals surface area contributed by atoms with Gasteiger partial charge in [-0.05, 0) is 43.2 Å². The number of hydrogen-bond donors (Lipinski definition) is 2. The highest BCUT2D eigenvalue weighted by Crippen LogP contribution is 2.13. The van der Waals surface area contributed by atoms with E-state index >= 15 is 0 Å². The molecule has 24 heavy (non-hydrogen) atoms. The van der Waals surface area contributed by atoms with Crippen LogP contribution in [0.2, 0.25) is 0 Å². The van der Waals surface area contributed by atoms with Crippen LogP contribution in [0.3, 0.4) is 0 Å². The monoisotopic (exact) mass is 330 g/mol. The third-order valence-electron chi connectivity index (χ3n) is 3.50. The van der Waals surface area contributed by atoms with Crippen LogP contribution >= 0.6 is 0 Å². The topological polar surface area (TPSA) is 80.4 Å². The third-order valence-corrected chi connectivity index (χ3v) is 3.50. The molecule has 1 amide bonds. The summed E-state index contributed by atoms with van der Waals surface area (Å²) in [6.45, 7) is 4.82. The fourth-order valence-electron chi connectivity index (χ4n) is 2.39. The van der Waals surface area contributed by atoms with Crippen molar-refractivity contribution in [1.82, 2.24) is 10.3 Å². The lowest BCUT2D eigenvalue weighted by molar-refractivity contribution is 0.0948. The quantitative estimate of drug-likeness (QED) is 0.761. The van der Waals surface area contributed by atoms with Crippen LogP contribution in [0, 0.1) is 13.8 Å². The van der Waals surface area contributed by atoms with Crippen molar-refractivity contribution in [2.24, 2.45) is 0 Å². The van der Waals surface area contributed by atoms with Gasteiger partial charge in [-0.2, -0.15) is 0 Å². The average molecular weight is 330 g/mol. The molecule has 0 aliphatic carbocycles. The number of aryl methyl sites for hydroxylation is 2. The van der Waals surface area contributed by atoms with E-state index in [0.717, 1.165) is 11.3 Å². The summed E-state index contributed by atoms with van der Waals surface area (Å²) in [6.07, 6.45) is 0. The number of hydrogen-bond acceptors (Lipinski definition) is 4. The van der Waals surface area contributed by atoms with E-state index in [-0.39, 0.29) is 17.0 Å². The molecule has 0 saturated carbocycles. The molecule has 0 unspecified atom stereocenters. The van der Waals surface area contributed by atoms with Crippen molar-refractivity contribution in [3.05, 3.63) is 63.1 Å². The molecule has 0 aliphatic heterocycles. The molecule has 6 heteroatoms. The van der Waals surface area contributed by atoms with Gasteiger partial charge in [-0.3, -0.25) is 9.59 Å². The second-order valence-corrected chi connectivity index (χ2v) is 5.51. The zero-order chi connectivity index (χ0) is 17.5. The van der Waals surface area contributed by atoms with Crippen LogP contribution in [-0.2, 0) is 11.3 Å². The highest BCUT2D eigenvalue weighted by Gasteiger charge is 2.14. The Kier molecular flexibility index (Phi) is 6.14. The number of rotatable bonds is 7. The fourth-order valence-corrected chi connectivity index (χ4v) is 2.39. The van der Waals surface area contributed by atoms with Gasteiger partial charge in [0.2, 0.25) is 0 Å². The number of nitrogens with one attached hydrogen (secondary N) is 2. The van der Waals surface area contributed by atoms with Crippen molar-refractivity contribution in [3.8, 4) is 5.75 Å². The Balaban J connectivity index is 2.02. The predicted octanol–water partition coefficient (Wildman–Crippen LogP) is 1.95. The van der Waals surface area contributed by atoms with Crippen LogP contribution in [0.25, 0.3) is 0 Å². The molecule has 1 aromatic heterocycles. The molecule has 0 aliphatic rings. The van der Waals surface area contributed by atoms with Crippen molar-refractivity contribution in [2.75, 3.05) is 20.3 Å². The summed E-state index contributed by atoms with van der Waals surface area (Å²) in [5.74, 6) is 0.322. The summed E-state index contributed by atoms with van der Waals surface area (Å²) in [4.78, 5) is 26.9. The summed E-state index contributed by atoms with van der Waals surface area (Å²) in [6, 6.07) is 9.21. The number of carbonyl (C=O) groups is 1. The molecular formula is C18H22N2O4. The van der Waals surface area contributed by atoms with Crippen LogP contribution < -0.4 is 15.6 Å². The maximum absolute atomic E-state index is 12.3. The van der Waals surface area contributed by atoms with E-state index in [4.69, 9.17) is 9.47 Å². The Morgan fingerprint density at radius 3 is 2.71 bits per heavy atom. The Morgan fingerprint density at radius 2 is 2.00 bits per heavy atom. The molecule has 0 saturated heterocycles. The molecule has 0 radical (unpaired) electrons. The van der Waals surface area contributed by atoms with Gasteiger partial charge < -0.3 is 19.8 Å². The summed E-state index contributed by atoms with van der Waals surface area (Å²) < 4.78 is 10.5. The maximum Gasteiger partial charge on any atom is 0.261 e. The standard InChI is InChI=1S/C18H22N2O4/c1-12-9-13(2)20-18(22)16(12)17(21)19-11-14-5-4-6-15(10-14)24-8-7-23-3/h4-6,9-10H,7-8,11H2,1-3H3,(H,19,21)(H,20,22). The molecule has 0 fully saturated rings. The first-order valence-corrected chi connectivity index (χ1v) is 7.70. The van der Waals surface area contributed by atoms with E-state index in [9.17, 15) is 9.59 Å². The smallest absolute Gasteiger partial charge is 0.261 e. The van der Waals surface area contributed by atoms with Crippen LogP contribution in [0.15, 0.2) is 35.1 Å². The number of carbonyl (C=O) groups excluding carboxylic acids is 1. The van der Waals surface area contributed by atoms with Crippen LogP contribution in [0.1, 0.15) is 27.2 Å². The van der Waals surface area contributed by atoms with Crippen LogP contribution in [0.4, 0.5) is 0 Å². The number of H-pyrrole nitrogens is 1. The lowest BCUT2D eigenvalue weighted by Crippen LogP contribution is -2.30. The van der Waals surface area contributed by atoms with E-state index in [1.54, 1.807) is 27.0 Å². The zero-order valence-corrected chi connectivity index (χ0v) is 14.1. The number of pyridine rings is 1. The minimum atomic E-state index is -0.389. The summed E-state index contributed by atoms with van der Waals surface area (Å²) in [5, 5.41) is 2.77. The highest BCUT2D eigenvalue weighted by molar-refractivity contribution is 5.95. The second kappa shape index (κ2) is 8.31. The lowest BCUT2D eigenvalue weighted by Gasteiger charge is -2.10. The highest BCUT2D eigenvalue weighted by atomic mass is 16.5. The van der Waals surface area contributed by atoms with Crippen LogP contribution in [0.5, 0.6) is 5.75 Å². The molecule has 1 heterocycles. The Hall–Kier alpha value is -2.60. The van der Waals surface area contributed by atoms with Crippen molar-refractivity contribution < 1.29 is 14.3 Å². The first-order chi connectivity index (χ1) is 11.5. The SMILES string of the molecule is COCCOc1cccc(CNC(=O)c2c(C)cc(C)[nH]c2=O)c1. The molecule has 6 nitrogen and oxygen atoms in total. The van der Waals surface area contributed by atoms with Crippen molar-refractivity contribution in [1.29, 1.82) is 0 Å². The number of benzene rings is 1. The summed E-state index contributed by atoms with van der Waals surface area (Å²) in [7, 11) is 1.62. The number of ether oxygens (including phenoxy) is 2. The van der Waals surface area contributed by atoms with E-state index in [1.165, 1.54) is 0 Å². The van der Waals surface area contributed by atoms with Crippen LogP contribution in [-0.4, -0.2) is 31.2 Å². The van der Waals surface area contributed by atoms with E-state index < -0.39 is 0 Å². The van der Waals surface area contributed by atoms with Gasteiger partial charge in [0, 0.05) is 19.3 Å². The fraction of sp³-hybridized carbons (Fsp3) is 0.333. The molecule has 0 atom stereocenters. The minimum Gasteiger partial charge on any atom is -0.491 e. The first-order valence-electron chi connectivity index (χ1n) is 7.70. The molecular weight excluding hydrogens is 308 g/mol. The van der Waals surface area contributed by atoms with Gasteiger partial charge in [-0.1, -0.05) is 12.1 Å². The van der Waals surface area contributed by atoms with Crippen molar-refractivity contribution in [2.45, 2.75) is 20.4 Å². The summed E-state index contributed by atoms with van der Waals surface area (Å²) in [5.41, 5.74) is 2.05. The van der Waals surface area contributed by atoms with Crippen molar-refractivity contribution in [3.63, 3.8) is 0 Å². The zero-order valence-electron chi connectivity index (χ0n) is 14.1. The number of methoxy groups -OCH3 is 1. The van der Waals surface area contributed by atoms with Gasteiger partial charge in [-0.15, -0.1) is 0 Å². The second-order valence-electron chi connectivity index (χ2n) is 5.51. The Bertz CT molecular complexity index is 768. The Labute approximate surface area is 140 Å². The summed E-state index contributed by atoms with van der Waals surface area (Å²) >= 11 is 0. The van der Waals surface area contributed by atoms with Gasteiger partial charge >= 0.3 is 0 Å². The van der Waals surface area contributed by atoms with Gasteiger partial charge in [0.25, 0.3) is 11.5 Å². The largest absolute Gasteiger partial charge is 0.491 e. The minimum absolute atomic E-state index is 0.146. The van der Waals surface area contributed by atoms with Gasteiger partial charge in [0.15, 0.2) is 0 Å². The van der Waals surface area contributed by atoms with E-state index in [0.29, 0.717) is 31.1 Å². The van der Waals surface area contributed by atoms with Crippen molar-refractivity contribution >= 4 is 5.91 Å². The normalized spacial score (nSPS) is 10.5. The molecule has 1 aromatic carbocycles. The van der Waals surface area contributed by atoms with E-state index in [1.807, 2.05) is 24.3 Å². The molecule has 128 valence electrons. The van der Waals surface area contributed by atoms with Gasteiger partial charge in [0.05, 0.1) is 6.61 Å². The average Bonchev–Trinajstić information content (AvgIpc) is 2.52. The third kappa shape index (κ3) is 4.70. The first kappa shape index (κ1) is 17.7. The number of aromatic nitrogens is 1. The Morgan fingerprint density at radius 1 is 1.21 bits per heavy atom. The molecule has 2 rings (SSSR count). The lowest BCUT2D eigenvalue weighted by atomic mass is 10.1. The molecule has 0 spiro atoms. The number of aromatic amines is 1. The van der Waals surface area contributed by atoms with Gasteiger partial charge in [0.1, 0.15) is 17.9 Å². The molecule has 0 bridgehead atoms.